The Morgan fingerprint density at radius 3 is 2.84 bits per heavy atom. The van der Waals surface area contributed by atoms with Gasteiger partial charge in [-0.2, -0.15) is 5.21 Å². The molecule has 2 amide bonds. The van der Waals surface area contributed by atoms with Crippen LogP contribution in [0.5, 0.6) is 0 Å². The summed E-state index contributed by atoms with van der Waals surface area (Å²) in [7, 11) is 0. The number of rotatable bonds is 4. The molecule has 0 radical (unpaired) electrons. The van der Waals surface area contributed by atoms with Gasteiger partial charge in [-0.05, 0) is 30.3 Å². The van der Waals surface area contributed by atoms with Crippen LogP contribution in [0.25, 0.3) is 0 Å². The minimum Gasteiger partial charge on any atom is -0.352 e. The summed E-state index contributed by atoms with van der Waals surface area (Å²) in [5.41, 5.74) is 0.950. The van der Waals surface area contributed by atoms with Crippen molar-refractivity contribution >= 4 is 17.5 Å². The average molecular weight is 260 g/mol. The highest BCUT2D eigenvalue weighted by Crippen LogP contribution is 2.11. The third-order valence-corrected chi connectivity index (χ3v) is 2.27. The second-order valence-corrected chi connectivity index (χ2v) is 3.63. The number of aromatic nitrogens is 4. The van der Waals surface area contributed by atoms with Gasteiger partial charge in [0.05, 0.1) is 0 Å². The van der Waals surface area contributed by atoms with Gasteiger partial charge in [0.2, 0.25) is 0 Å². The summed E-state index contributed by atoms with van der Waals surface area (Å²) in [4.78, 5) is 23.3. The van der Waals surface area contributed by atoms with Crippen LogP contribution in [0.15, 0.2) is 24.3 Å². The first-order valence-corrected chi connectivity index (χ1v) is 5.63. The normalized spacial score (nSPS) is 9.95. The van der Waals surface area contributed by atoms with Crippen molar-refractivity contribution in [3.8, 4) is 0 Å². The number of hydrogen-bond acceptors (Lipinski definition) is 5. The molecule has 0 unspecified atom stereocenters. The van der Waals surface area contributed by atoms with E-state index in [4.69, 9.17) is 0 Å². The van der Waals surface area contributed by atoms with Gasteiger partial charge in [0.15, 0.2) is 0 Å². The zero-order valence-corrected chi connectivity index (χ0v) is 10.2. The van der Waals surface area contributed by atoms with Crippen molar-refractivity contribution in [2.24, 2.45) is 0 Å². The molecule has 0 bridgehead atoms. The van der Waals surface area contributed by atoms with Gasteiger partial charge in [-0.1, -0.05) is 6.07 Å². The highest BCUT2D eigenvalue weighted by molar-refractivity contribution is 6.02. The third kappa shape index (κ3) is 3.12. The summed E-state index contributed by atoms with van der Waals surface area (Å²) < 4.78 is 0. The lowest BCUT2D eigenvalue weighted by Gasteiger charge is -2.05. The van der Waals surface area contributed by atoms with Crippen LogP contribution in [0.3, 0.4) is 0 Å². The predicted molar refractivity (Wildman–Crippen MR) is 66.6 cm³/mol. The number of benzene rings is 1. The van der Waals surface area contributed by atoms with Crippen molar-refractivity contribution < 1.29 is 9.59 Å². The molecule has 0 aliphatic carbocycles. The van der Waals surface area contributed by atoms with E-state index in [0.717, 1.165) is 0 Å². The highest BCUT2D eigenvalue weighted by atomic mass is 16.2. The number of carbonyl (C=O) groups is 2. The minimum absolute atomic E-state index is 0.0663. The van der Waals surface area contributed by atoms with Crippen molar-refractivity contribution in [3.05, 3.63) is 35.7 Å². The fraction of sp³-hybridized carbons (Fsp3) is 0.182. The summed E-state index contributed by atoms with van der Waals surface area (Å²) in [6.07, 6.45) is 0. The monoisotopic (exact) mass is 260 g/mol. The maximum Gasteiger partial charge on any atom is 0.297 e. The van der Waals surface area contributed by atoms with Gasteiger partial charge in [-0.3, -0.25) is 9.59 Å². The number of anilines is 1. The molecule has 0 aliphatic heterocycles. The minimum atomic E-state index is -0.498. The molecule has 0 fully saturated rings. The molecule has 8 nitrogen and oxygen atoms in total. The maximum absolute atomic E-state index is 11.7. The summed E-state index contributed by atoms with van der Waals surface area (Å²) >= 11 is 0. The Morgan fingerprint density at radius 2 is 2.16 bits per heavy atom. The maximum atomic E-state index is 11.7. The first-order valence-electron chi connectivity index (χ1n) is 5.63. The lowest BCUT2D eigenvalue weighted by molar-refractivity contribution is 0.0954. The van der Waals surface area contributed by atoms with E-state index >= 15 is 0 Å². The molecule has 1 aromatic heterocycles. The Labute approximate surface area is 108 Å². The molecule has 0 saturated heterocycles. The van der Waals surface area contributed by atoms with Crippen molar-refractivity contribution in [2.45, 2.75) is 6.92 Å². The smallest absolute Gasteiger partial charge is 0.297 e. The van der Waals surface area contributed by atoms with E-state index in [1.54, 1.807) is 24.3 Å². The molecule has 2 aromatic rings. The van der Waals surface area contributed by atoms with Crippen LogP contribution in [-0.2, 0) is 0 Å². The number of nitrogens with zero attached hydrogens (tertiary/aromatic N) is 3. The van der Waals surface area contributed by atoms with Gasteiger partial charge in [0, 0.05) is 17.8 Å². The fourth-order valence-corrected chi connectivity index (χ4v) is 1.45. The van der Waals surface area contributed by atoms with Crippen LogP contribution >= 0.6 is 0 Å². The van der Waals surface area contributed by atoms with Crippen LogP contribution in [0.4, 0.5) is 5.69 Å². The molecule has 19 heavy (non-hydrogen) atoms. The van der Waals surface area contributed by atoms with Crippen molar-refractivity contribution in [3.63, 3.8) is 0 Å². The molecule has 0 aliphatic rings. The standard InChI is InChI=1S/C11H12N6O2/c1-2-12-10(18)7-4-3-5-8(6-7)13-11(19)9-14-16-17-15-9/h3-6H,2H2,1H3,(H,12,18)(H,13,19)(H,14,15,16,17). The molecule has 3 N–H and O–H groups in total. The van der Waals surface area contributed by atoms with Gasteiger partial charge in [-0.25, -0.2) is 0 Å². The van der Waals surface area contributed by atoms with Crippen LogP contribution < -0.4 is 10.6 Å². The number of aromatic amines is 1. The van der Waals surface area contributed by atoms with Crippen LogP contribution in [-0.4, -0.2) is 39.0 Å². The lowest BCUT2D eigenvalue weighted by atomic mass is 10.2. The van der Waals surface area contributed by atoms with Gasteiger partial charge < -0.3 is 10.6 Å². The third-order valence-electron chi connectivity index (χ3n) is 2.27. The second-order valence-electron chi connectivity index (χ2n) is 3.63. The zero-order chi connectivity index (χ0) is 13.7. The quantitative estimate of drug-likeness (QED) is 0.727. The van der Waals surface area contributed by atoms with Crippen molar-refractivity contribution in [1.29, 1.82) is 0 Å². The number of H-pyrrole nitrogens is 1. The largest absolute Gasteiger partial charge is 0.352 e. The second kappa shape index (κ2) is 5.71. The zero-order valence-electron chi connectivity index (χ0n) is 10.2. The molecular weight excluding hydrogens is 248 g/mol. The summed E-state index contributed by atoms with van der Waals surface area (Å²) in [5, 5.41) is 17.9. The molecule has 0 atom stereocenters. The van der Waals surface area contributed by atoms with E-state index in [-0.39, 0.29) is 11.7 Å². The van der Waals surface area contributed by atoms with E-state index in [1.807, 2.05) is 6.92 Å². The van der Waals surface area contributed by atoms with Gasteiger partial charge in [0.1, 0.15) is 0 Å². The molecule has 0 saturated carbocycles. The predicted octanol–water partition coefficient (Wildman–Crippen LogP) is 0.202. The molecule has 1 heterocycles. The number of amides is 2. The van der Waals surface area contributed by atoms with Crippen LogP contribution in [0.1, 0.15) is 27.9 Å². The fourth-order valence-electron chi connectivity index (χ4n) is 1.45. The molecular formula is C11H12N6O2. The van der Waals surface area contributed by atoms with Crippen LogP contribution in [0.2, 0.25) is 0 Å². The van der Waals surface area contributed by atoms with E-state index in [9.17, 15) is 9.59 Å². The van der Waals surface area contributed by atoms with Crippen LogP contribution in [0, 0.1) is 0 Å². The molecule has 98 valence electrons. The Kier molecular flexibility index (Phi) is 3.81. The summed E-state index contributed by atoms with van der Waals surface area (Å²) in [5.74, 6) is -0.761. The number of tetrazole rings is 1. The van der Waals surface area contributed by atoms with E-state index in [2.05, 4.69) is 31.3 Å². The SMILES string of the molecule is CCNC(=O)c1cccc(NC(=O)c2nn[nH]n2)c1. The van der Waals surface area contributed by atoms with Gasteiger partial charge >= 0.3 is 0 Å². The number of carbonyl (C=O) groups excluding carboxylic acids is 2. The van der Waals surface area contributed by atoms with E-state index in [0.29, 0.717) is 17.8 Å². The molecule has 2 rings (SSSR count). The topological polar surface area (TPSA) is 113 Å². The Hall–Kier alpha value is -2.77. The summed E-state index contributed by atoms with van der Waals surface area (Å²) in [6, 6.07) is 6.58. The highest BCUT2D eigenvalue weighted by Gasteiger charge is 2.12. The summed E-state index contributed by atoms with van der Waals surface area (Å²) in [6.45, 7) is 2.37. The molecule has 1 aromatic carbocycles. The first-order chi connectivity index (χ1) is 9.20. The Morgan fingerprint density at radius 1 is 1.32 bits per heavy atom. The Bertz CT molecular complexity index is 581. The van der Waals surface area contributed by atoms with E-state index < -0.39 is 5.91 Å². The number of nitrogens with one attached hydrogen (secondary N) is 3. The Balaban J connectivity index is 2.11. The first kappa shape index (κ1) is 12.7. The molecule has 8 heteroatoms. The van der Waals surface area contributed by atoms with Gasteiger partial charge in [0.25, 0.3) is 17.6 Å². The van der Waals surface area contributed by atoms with Crippen molar-refractivity contribution in [2.75, 3.05) is 11.9 Å². The lowest BCUT2D eigenvalue weighted by Crippen LogP contribution is -2.22. The average Bonchev–Trinajstić information content (AvgIpc) is 2.93. The number of hydrogen-bond donors (Lipinski definition) is 3. The van der Waals surface area contributed by atoms with Gasteiger partial charge in [-0.15, -0.1) is 10.2 Å². The van der Waals surface area contributed by atoms with Crippen molar-refractivity contribution in [1.82, 2.24) is 25.9 Å². The van der Waals surface area contributed by atoms with E-state index in [1.165, 1.54) is 0 Å². The molecule has 0 spiro atoms.